The Balaban J connectivity index is 2.24. The van der Waals surface area contributed by atoms with Crippen molar-refractivity contribution in [3.8, 4) is 0 Å². The van der Waals surface area contributed by atoms with Gasteiger partial charge in [-0.25, -0.2) is 9.59 Å². The monoisotopic (exact) mass is 334 g/mol. The van der Waals surface area contributed by atoms with Crippen LogP contribution >= 0.6 is 0 Å². The lowest BCUT2D eigenvalue weighted by molar-refractivity contribution is -0.142. The van der Waals surface area contributed by atoms with Crippen molar-refractivity contribution in [1.29, 1.82) is 0 Å². The van der Waals surface area contributed by atoms with E-state index in [1.807, 2.05) is 0 Å². The minimum absolute atomic E-state index is 0.0109. The fourth-order valence-electron chi connectivity index (χ4n) is 2.61. The third-order valence-electron chi connectivity index (χ3n) is 3.68. The summed E-state index contributed by atoms with van der Waals surface area (Å²) in [5.74, 6) is -2.18. The molecule has 126 valence electrons. The summed E-state index contributed by atoms with van der Waals surface area (Å²) in [5, 5.41) is 11.3. The topological polar surface area (TPSA) is 108 Å². The average molecular weight is 334 g/mol. The summed E-state index contributed by atoms with van der Waals surface area (Å²) in [6, 6.07) is 6.09. The summed E-state index contributed by atoms with van der Waals surface area (Å²) >= 11 is 0. The van der Waals surface area contributed by atoms with Gasteiger partial charge in [-0.2, -0.15) is 0 Å². The molecule has 8 heteroatoms. The van der Waals surface area contributed by atoms with Crippen LogP contribution in [0.5, 0.6) is 0 Å². The lowest BCUT2D eigenvalue weighted by Gasteiger charge is -2.26. The van der Waals surface area contributed by atoms with Gasteiger partial charge >= 0.3 is 11.9 Å². The molecule has 0 aromatic carbocycles. The van der Waals surface area contributed by atoms with Gasteiger partial charge in [0.05, 0.1) is 26.7 Å². The van der Waals surface area contributed by atoms with Gasteiger partial charge in [0, 0.05) is 0 Å². The third-order valence-corrected chi connectivity index (χ3v) is 3.68. The fraction of sp³-hybridized carbons (Fsp3) is 0.250. The smallest absolute Gasteiger partial charge is 0.374 e. The molecular formula is C16H14O8. The molecule has 0 fully saturated rings. The Morgan fingerprint density at radius 1 is 1.08 bits per heavy atom. The second-order valence-corrected chi connectivity index (χ2v) is 4.94. The maximum absolute atomic E-state index is 12.3. The van der Waals surface area contributed by atoms with Crippen LogP contribution in [0, 0.1) is 0 Å². The quantitative estimate of drug-likeness (QED) is 0.837. The molecule has 0 bridgehead atoms. The molecule has 2 aromatic heterocycles. The van der Waals surface area contributed by atoms with E-state index in [4.69, 9.17) is 18.3 Å². The average Bonchev–Trinajstić information content (AvgIpc) is 3.32. The van der Waals surface area contributed by atoms with E-state index in [0.29, 0.717) is 0 Å². The van der Waals surface area contributed by atoms with Crippen LogP contribution < -0.4 is 0 Å². The number of aliphatic hydroxyl groups is 1. The standard InChI is InChI=1S/C16H14O8/c1-20-14(17)11-12(15(18)21-2)24-13(9-5-3-7-22-9)16(11,19)10-6-4-8-23-10/h3-8,13,19H,1-2H3. The van der Waals surface area contributed by atoms with E-state index in [1.165, 1.54) is 30.7 Å². The van der Waals surface area contributed by atoms with Crippen LogP contribution in [0.2, 0.25) is 0 Å². The van der Waals surface area contributed by atoms with Crippen LogP contribution in [0.4, 0.5) is 0 Å². The Hall–Kier alpha value is -3.00. The first-order valence-electron chi connectivity index (χ1n) is 6.91. The summed E-state index contributed by atoms with van der Waals surface area (Å²) in [6.45, 7) is 0. The molecule has 0 saturated heterocycles. The number of methoxy groups -OCH3 is 2. The van der Waals surface area contributed by atoms with Gasteiger partial charge in [0.15, 0.2) is 6.10 Å². The number of esters is 2. The zero-order chi connectivity index (χ0) is 17.3. The number of furan rings is 2. The SMILES string of the molecule is COC(=O)C1=C(C(=O)OC)C(O)(c2ccco2)C(c2ccco2)O1. The van der Waals surface area contributed by atoms with Crippen molar-refractivity contribution in [1.82, 2.24) is 0 Å². The molecule has 0 amide bonds. The number of ether oxygens (including phenoxy) is 3. The van der Waals surface area contributed by atoms with Gasteiger partial charge in [0.25, 0.3) is 0 Å². The molecule has 3 rings (SSSR count). The molecule has 0 saturated carbocycles. The maximum Gasteiger partial charge on any atom is 0.374 e. The van der Waals surface area contributed by atoms with Gasteiger partial charge in [0.2, 0.25) is 11.4 Å². The van der Waals surface area contributed by atoms with E-state index in [-0.39, 0.29) is 11.5 Å². The molecule has 2 aromatic rings. The predicted molar refractivity (Wildman–Crippen MR) is 76.2 cm³/mol. The number of hydrogen-bond donors (Lipinski definition) is 1. The minimum Gasteiger partial charge on any atom is -0.471 e. The van der Waals surface area contributed by atoms with Gasteiger partial charge in [-0.1, -0.05) is 0 Å². The Morgan fingerprint density at radius 3 is 2.29 bits per heavy atom. The number of rotatable bonds is 4. The molecular weight excluding hydrogens is 320 g/mol. The van der Waals surface area contributed by atoms with E-state index >= 15 is 0 Å². The highest BCUT2D eigenvalue weighted by atomic mass is 16.6. The number of carbonyl (C=O) groups excluding carboxylic acids is 2. The van der Waals surface area contributed by atoms with Crippen molar-refractivity contribution >= 4 is 11.9 Å². The van der Waals surface area contributed by atoms with Crippen molar-refractivity contribution in [2.45, 2.75) is 11.7 Å². The second-order valence-electron chi connectivity index (χ2n) is 4.94. The van der Waals surface area contributed by atoms with Gasteiger partial charge in [-0.3, -0.25) is 0 Å². The Bertz CT molecular complexity index is 771. The first-order chi connectivity index (χ1) is 11.5. The highest BCUT2D eigenvalue weighted by Crippen LogP contribution is 2.51. The van der Waals surface area contributed by atoms with Crippen LogP contribution in [-0.4, -0.2) is 31.3 Å². The van der Waals surface area contributed by atoms with Crippen molar-refractivity contribution < 1.29 is 37.7 Å². The molecule has 8 nitrogen and oxygen atoms in total. The normalized spacial score (nSPS) is 23.0. The number of hydrogen-bond acceptors (Lipinski definition) is 8. The molecule has 2 atom stereocenters. The molecule has 0 aliphatic carbocycles. The minimum atomic E-state index is -2.13. The van der Waals surface area contributed by atoms with Crippen molar-refractivity contribution in [3.63, 3.8) is 0 Å². The molecule has 24 heavy (non-hydrogen) atoms. The Morgan fingerprint density at radius 2 is 1.75 bits per heavy atom. The summed E-state index contributed by atoms with van der Waals surface area (Å²) in [6.07, 6.45) is 1.45. The van der Waals surface area contributed by atoms with Crippen LogP contribution in [0.25, 0.3) is 0 Å². The summed E-state index contributed by atoms with van der Waals surface area (Å²) in [5.41, 5.74) is -2.55. The van der Waals surface area contributed by atoms with E-state index in [2.05, 4.69) is 4.74 Å². The fourth-order valence-corrected chi connectivity index (χ4v) is 2.61. The second kappa shape index (κ2) is 5.89. The van der Waals surface area contributed by atoms with Crippen molar-refractivity contribution in [2.24, 2.45) is 0 Å². The molecule has 1 aliphatic rings. The third kappa shape index (κ3) is 2.19. The van der Waals surface area contributed by atoms with Gasteiger partial charge in [0.1, 0.15) is 17.1 Å². The van der Waals surface area contributed by atoms with Crippen LogP contribution in [-0.2, 0) is 29.4 Å². The largest absolute Gasteiger partial charge is 0.471 e. The van der Waals surface area contributed by atoms with Gasteiger partial charge in [-0.15, -0.1) is 0 Å². The van der Waals surface area contributed by atoms with Gasteiger partial charge < -0.3 is 28.2 Å². The summed E-state index contributed by atoms with van der Waals surface area (Å²) in [7, 11) is 2.24. The van der Waals surface area contributed by atoms with Crippen LogP contribution in [0.15, 0.2) is 57.0 Å². The zero-order valence-electron chi connectivity index (χ0n) is 12.8. The van der Waals surface area contributed by atoms with E-state index in [9.17, 15) is 14.7 Å². The predicted octanol–water partition coefficient (Wildman–Crippen LogP) is 1.43. The van der Waals surface area contributed by atoms with Crippen molar-refractivity contribution in [3.05, 3.63) is 59.6 Å². The van der Waals surface area contributed by atoms with Crippen LogP contribution in [0.1, 0.15) is 17.6 Å². The lowest BCUT2D eigenvalue weighted by atomic mass is 9.85. The lowest BCUT2D eigenvalue weighted by Crippen LogP contribution is -2.35. The Kier molecular flexibility index (Phi) is 3.90. The zero-order valence-corrected chi connectivity index (χ0v) is 12.8. The first-order valence-corrected chi connectivity index (χ1v) is 6.91. The van der Waals surface area contributed by atoms with E-state index in [0.717, 1.165) is 14.2 Å². The highest BCUT2D eigenvalue weighted by Gasteiger charge is 2.59. The molecule has 0 radical (unpaired) electrons. The maximum atomic E-state index is 12.3. The van der Waals surface area contributed by atoms with Gasteiger partial charge in [-0.05, 0) is 24.3 Å². The molecule has 1 N–H and O–H groups in total. The molecule has 1 aliphatic heterocycles. The van der Waals surface area contributed by atoms with E-state index in [1.54, 1.807) is 6.07 Å². The van der Waals surface area contributed by atoms with Crippen molar-refractivity contribution in [2.75, 3.05) is 14.2 Å². The number of carbonyl (C=O) groups is 2. The Labute approximate surface area is 136 Å². The first kappa shape index (κ1) is 15.9. The molecule has 0 spiro atoms. The van der Waals surface area contributed by atoms with E-state index < -0.39 is 35.0 Å². The summed E-state index contributed by atoms with van der Waals surface area (Å²) in [4.78, 5) is 24.3. The summed E-state index contributed by atoms with van der Waals surface area (Å²) < 4.78 is 25.4. The highest BCUT2D eigenvalue weighted by molar-refractivity contribution is 6.01. The molecule has 3 heterocycles. The van der Waals surface area contributed by atoms with Crippen LogP contribution in [0.3, 0.4) is 0 Å². The molecule has 2 unspecified atom stereocenters.